The van der Waals surface area contributed by atoms with E-state index in [9.17, 15) is 0 Å². The first-order valence-electron chi connectivity index (χ1n) is 2.90. The Hall–Kier alpha value is -1.29. The summed E-state index contributed by atoms with van der Waals surface area (Å²) in [7, 11) is 0. The van der Waals surface area contributed by atoms with Crippen molar-refractivity contribution in [2.45, 2.75) is 0 Å². The summed E-state index contributed by atoms with van der Waals surface area (Å²) in [5.41, 5.74) is 10.8. The molecule has 11 heavy (non-hydrogen) atoms. The Morgan fingerprint density at radius 1 is 1.55 bits per heavy atom. The van der Waals surface area contributed by atoms with Crippen molar-refractivity contribution in [3.05, 3.63) is 23.5 Å². The van der Waals surface area contributed by atoms with Crippen LogP contribution >= 0.6 is 11.6 Å². The van der Waals surface area contributed by atoms with Crippen LogP contribution in [0.3, 0.4) is 0 Å². The van der Waals surface area contributed by atoms with Crippen LogP contribution in [-0.4, -0.2) is 10.9 Å². The highest BCUT2D eigenvalue weighted by molar-refractivity contribution is 6.31. The van der Waals surface area contributed by atoms with Crippen LogP contribution < -0.4 is 11.5 Å². The Morgan fingerprint density at radius 3 is 2.82 bits per heavy atom. The predicted octanol–water partition coefficient (Wildman–Crippen LogP) is 0.640. The van der Waals surface area contributed by atoms with Crippen LogP contribution in [0.4, 0.5) is 5.69 Å². The molecule has 0 aromatic carbocycles. The van der Waals surface area contributed by atoms with Crippen molar-refractivity contribution in [2.24, 2.45) is 16.5 Å². The highest BCUT2D eigenvalue weighted by Gasteiger charge is 1.96. The van der Waals surface area contributed by atoms with E-state index in [0.29, 0.717) is 10.8 Å². The Bertz CT molecular complexity index is 280. The topological polar surface area (TPSA) is 77.3 Å². The van der Waals surface area contributed by atoms with Crippen molar-refractivity contribution < 1.29 is 0 Å². The number of nitrogens with zero attached hydrogens (tertiary/aromatic N) is 2. The minimum atomic E-state index is -0.0279. The van der Waals surface area contributed by atoms with Crippen LogP contribution in [-0.2, 0) is 0 Å². The third-order valence-corrected chi connectivity index (χ3v) is 1.28. The molecule has 1 rings (SSSR count). The van der Waals surface area contributed by atoms with E-state index in [2.05, 4.69) is 9.98 Å². The minimum absolute atomic E-state index is 0.0279. The second-order valence-corrected chi connectivity index (χ2v) is 2.21. The Balaban J connectivity index is 3.04. The molecule has 1 heterocycles. The molecule has 0 unspecified atom stereocenters. The van der Waals surface area contributed by atoms with Gasteiger partial charge >= 0.3 is 0 Å². The number of aromatic nitrogens is 1. The molecular formula is C6H7ClN4. The SMILES string of the molecule is NC(N)=Nc1cccnc1Cl. The maximum Gasteiger partial charge on any atom is 0.191 e. The first-order valence-corrected chi connectivity index (χ1v) is 3.28. The van der Waals surface area contributed by atoms with Crippen molar-refractivity contribution in [3.8, 4) is 0 Å². The normalized spacial score (nSPS) is 9.18. The first kappa shape index (κ1) is 7.81. The zero-order valence-electron chi connectivity index (χ0n) is 5.66. The van der Waals surface area contributed by atoms with E-state index in [1.165, 1.54) is 0 Å². The predicted molar refractivity (Wildman–Crippen MR) is 44.7 cm³/mol. The molecule has 58 valence electrons. The van der Waals surface area contributed by atoms with Gasteiger partial charge in [-0.25, -0.2) is 9.98 Å². The molecule has 0 bridgehead atoms. The average molecular weight is 171 g/mol. The fourth-order valence-corrected chi connectivity index (χ4v) is 0.762. The molecule has 0 spiro atoms. The largest absolute Gasteiger partial charge is 0.370 e. The van der Waals surface area contributed by atoms with Crippen LogP contribution in [0, 0.1) is 0 Å². The zero-order valence-corrected chi connectivity index (χ0v) is 6.42. The van der Waals surface area contributed by atoms with Crippen LogP contribution in [0.15, 0.2) is 23.3 Å². The molecule has 1 aromatic rings. The Labute approximate surface area is 68.9 Å². The van der Waals surface area contributed by atoms with Gasteiger partial charge in [0.05, 0.1) is 0 Å². The standard InChI is InChI=1S/C6H7ClN4/c7-5-4(11-6(8)9)2-1-3-10-5/h1-3H,(H4,8,9,11). The van der Waals surface area contributed by atoms with Crippen molar-refractivity contribution in [1.29, 1.82) is 0 Å². The molecule has 0 aliphatic heterocycles. The summed E-state index contributed by atoms with van der Waals surface area (Å²) in [6.07, 6.45) is 1.56. The van der Waals surface area contributed by atoms with Gasteiger partial charge in [0.2, 0.25) is 0 Å². The molecule has 4 N–H and O–H groups in total. The smallest absolute Gasteiger partial charge is 0.191 e. The summed E-state index contributed by atoms with van der Waals surface area (Å²) in [4.78, 5) is 7.52. The van der Waals surface area contributed by atoms with Gasteiger partial charge in [-0.1, -0.05) is 11.6 Å². The number of guanidine groups is 1. The van der Waals surface area contributed by atoms with E-state index in [4.69, 9.17) is 23.1 Å². The Morgan fingerprint density at radius 2 is 2.27 bits per heavy atom. The molecule has 0 fully saturated rings. The molecule has 0 amide bonds. The summed E-state index contributed by atoms with van der Waals surface area (Å²) in [5, 5.41) is 0.293. The van der Waals surface area contributed by atoms with Crippen molar-refractivity contribution in [3.63, 3.8) is 0 Å². The number of aliphatic imine (C=N–C) groups is 1. The van der Waals surface area contributed by atoms with Crippen LogP contribution in [0.1, 0.15) is 0 Å². The van der Waals surface area contributed by atoms with Gasteiger partial charge in [0.15, 0.2) is 11.1 Å². The van der Waals surface area contributed by atoms with E-state index in [1.54, 1.807) is 18.3 Å². The zero-order chi connectivity index (χ0) is 8.27. The van der Waals surface area contributed by atoms with Gasteiger partial charge in [0, 0.05) is 6.20 Å². The number of pyridine rings is 1. The molecule has 0 saturated carbocycles. The van der Waals surface area contributed by atoms with Gasteiger partial charge in [-0.15, -0.1) is 0 Å². The summed E-state index contributed by atoms with van der Waals surface area (Å²) in [6, 6.07) is 3.38. The van der Waals surface area contributed by atoms with Crippen molar-refractivity contribution >= 4 is 23.2 Å². The lowest BCUT2D eigenvalue weighted by atomic mass is 10.4. The number of hydrogen-bond donors (Lipinski definition) is 2. The molecule has 0 saturated heterocycles. The van der Waals surface area contributed by atoms with Gasteiger partial charge in [-0.2, -0.15) is 0 Å². The van der Waals surface area contributed by atoms with E-state index < -0.39 is 0 Å². The van der Waals surface area contributed by atoms with Crippen molar-refractivity contribution in [1.82, 2.24) is 4.98 Å². The quantitative estimate of drug-likeness (QED) is 0.369. The molecular weight excluding hydrogens is 164 g/mol. The fourth-order valence-electron chi connectivity index (χ4n) is 0.600. The number of hydrogen-bond acceptors (Lipinski definition) is 2. The monoisotopic (exact) mass is 170 g/mol. The lowest BCUT2D eigenvalue weighted by Gasteiger charge is -1.95. The highest BCUT2D eigenvalue weighted by atomic mass is 35.5. The lowest BCUT2D eigenvalue weighted by molar-refractivity contribution is 1.29. The lowest BCUT2D eigenvalue weighted by Crippen LogP contribution is -2.21. The molecule has 0 atom stereocenters. The van der Waals surface area contributed by atoms with Gasteiger partial charge in [-0.05, 0) is 12.1 Å². The van der Waals surface area contributed by atoms with E-state index >= 15 is 0 Å². The van der Waals surface area contributed by atoms with Crippen LogP contribution in [0.2, 0.25) is 5.15 Å². The highest BCUT2D eigenvalue weighted by Crippen LogP contribution is 2.20. The van der Waals surface area contributed by atoms with Gasteiger partial charge < -0.3 is 11.5 Å². The van der Waals surface area contributed by atoms with Gasteiger partial charge in [0.25, 0.3) is 0 Å². The maximum absolute atomic E-state index is 5.64. The average Bonchev–Trinajstić information content (AvgIpc) is 1.93. The van der Waals surface area contributed by atoms with Crippen LogP contribution in [0.25, 0.3) is 0 Å². The van der Waals surface area contributed by atoms with Gasteiger partial charge in [0.1, 0.15) is 5.69 Å². The minimum Gasteiger partial charge on any atom is -0.370 e. The number of rotatable bonds is 1. The molecule has 1 aromatic heterocycles. The first-order chi connectivity index (χ1) is 5.20. The van der Waals surface area contributed by atoms with E-state index in [0.717, 1.165) is 0 Å². The van der Waals surface area contributed by atoms with Gasteiger partial charge in [-0.3, -0.25) is 0 Å². The summed E-state index contributed by atoms with van der Waals surface area (Å²) in [6.45, 7) is 0. The molecule has 0 aliphatic carbocycles. The van der Waals surface area contributed by atoms with Crippen molar-refractivity contribution in [2.75, 3.05) is 0 Å². The number of nitrogens with two attached hydrogens (primary N) is 2. The summed E-state index contributed by atoms with van der Waals surface area (Å²) >= 11 is 5.64. The molecule has 4 nitrogen and oxygen atoms in total. The van der Waals surface area contributed by atoms with E-state index in [1.807, 2.05) is 0 Å². The second-order valence-electron chi connectivity index (χ2n) is 1.85. The fraction of sp³-hybridized carbons (Fsp3) is 0. The summed E-state index contributed by atoms with van der Waals surface area (Å²) in [5.74, 6) is -0.0279. The molecule has 0 aliphatic rings. The third kappa shape index (κ3) is 2.09. The van der Waals surface area contributed by atoms with Crippen LogP contribution in [0.5, 0.6) is 0 Å². The second kappa shape index (κ2) is 3.21. The molecule has 0 radical (unpaired) electrons. The third-order valence-electron chi connectivity index (χ3n) is 0.989. The maximum atomic E-state index is 5.64. The number of halogens is 1. The Kier molecular flexibility index (Phi) is 2.28. The summed E-state index contributed by atoms with van der Waals surface area (Å²) < 4.78 is 0. The van der Waals surface area contributed by atoms with E-state index in [-0.39, 0.29) is 5.96 Å². The molecule has 5 heteroatoms.